The van der Waals surface area contributed by atoms with Gasteiger partial charge in [-0.1, -0.05) is 30.3 Å². The van der Waals surface area contributed by atoms with Crippen molar-refractivity contribution in [2.24, 2.45) is 0 Å². The Morgan fingerprint density at radius 3 is 2.44 bits per heavy atom. The maximum atomic E-state index is 10.8. The van der Waals surface area contributed by atoms with Crippen molar-refractivity contribution in [3.8, 4) is 16.9 Å². The predicted molar refractivity (Wildman–Crippen MR) is 66.4 cm³/mol. The molecule has 0 aliphatic carbocycles. The van der Waals surface area contributed by atoms with Gasteiger partial charge >= 0.3 is 5.97 Å². The van der Waals surface area contributed by atoms with E-state index in [0.29, 0.717) is 5.56 Å². The molecular weight excluding hydrogens is 232 g/mol. The summed E-state index contributed by atoms with van der Waals surface area (Å²) in [5.74, 6) is -1.46. The molecule has 18 heavy (non-hydrogen) atoms. The first kappa shape index (κ1) is 12.1. The Bertz CT molecular complexity index is 590. The molecule has 0 spiro atoms. The van der Waals surface area contributed by atoms with Crippen molar-refractivity contribution in [2.75, 3.05) is 0 Å². The molecule has 2 rings (SSSR count). The number of aliphatic hydroxyl groups excluding tert-OH is 1. The van der Waals surface area contributed by atoms with E-state index < -0.39 is 5.97 Å². The van der Waals surface area contributed by atoms with E-state index in [0.717, 1.165) is 11.1 Å². The molecule has 0 amide bonds. The molecule has 3 N–H and O–H groups in total. The zero-order valence-corrected chi connectivity index (χ0v) is 9.50. The third kappa shape index (κ3) is 2.19. The van der Waals surface area contributed by atoms with E-state index in [9.17, 15) is 15.0 Å². The second-order valence-corrected chi connectivity index (χ2v) is 3.85. The van der Waals surface area contributed by atoms with Gasteiger partial charge in [0.1, 0.15) is 11.3 Å². The van der Waals surface area contributed by atoms with Crippen LogP contribution in [0.5, 0.6) is 5.75 Å². The summed E-state index contributed by atoms with van der Waals surface area (Å²) in [5.41, 5.74) is 2.02. The molecular formula is C14H12O4. The number of carboxylic acid groups (broad SMARTS) is 1. The monoisotopic (exact) mass is 244 g/mol. The zero-order valence-electron chi connectivity index (χ0n) is 9.50. The normalized spacial score (nSPS) is 10.3. The Kier molecular flexibility index (Phi) is 3.30. The highest BCUT2D eigenvalue weighted by atomic mass is 16.4. The van der Waals surface area contributed by atoms with Crippen LogP contribution in [-0.2, 0) is 6.61 Å². The predicted octanol–water partition coefficient (Wildman–Crippen LogP) is 2.25. The average molecular weight is 244 g/mol. The van der Waals surface area contributed by atoms with E-state index in [1.807, 2.05) is 6.07 Å². The molecule has 0 atom stereocenters. The number of aromatic carboxylic acids is 1. The lowest BCUT2D eigenvalue weighted by molar-refractivity contribution is 0.0694. The van der Waals surface area contributed by atoms with Gasteiger partial charge in [0.05, 0.1) is 6.61 Å². The van der Waals surface area contributed by atoms with Crippen LogP contribution in [0.1, 0.15) is 15.9 Å². The minimum atomic E-state index is -1.17. The fourth-order valence-electron chi connectivity index (χ4n) is 1.82. The maximum Gasteiger partial charge on any atom is 0.339 e. The molecule has 0 aromatic heterocycles. The molecule has 0 heterocycles. The molecule has 0 aliphatic heterocycles. The van der Waals surface area contributed by atoms with Crippen LogP contribution >= 0.6 is 0 Å². The van der Waals surface area contributed by atoms with Gasteiger partial charge in [-0.3, -0.25) is 0 Å². The molecule has 0 unspecified atom stereocenters. The van der Waals surface area contributed by atoms with E-state index in [1.165, 1.54) is 12.1 Å². The Hall–Kier alpha value is -2.33. The van der Waals surface area contributed by atoms with Crippen LogP contribution in [0.25, 0.3) is 11.1 Å². The highest BCUT2D eigenvalue weighted by Crippen LogP contribution is 2.28. The summed E-state index contributed by atoms with van der Waals surface area (Å²) in [6.07, 6.45) is 0. The van der Waals surface area contributed by atoms with Crippen LogP contribution in [0, 0.1) is 0 Å². The lowest BCUT2D eigenvalue weighted by atomic mass is 9.98. The summed E-state index contributed by atoms with van der Waals surface area (Å²) in [6, 6.07) is 11.5. The van der Waals surface area contributed by atoms with E-state index >= 15 is 0 Å². The summed E-state index contributed by atoms with van der Waals surface area (Å²) in [4.78, 5) is 10.8. The number of hydrogen-bond acceptors (Lipinski definition) is 3. The number of aliphatic hydroxyl groups is 1. The zero-order chi connectivity index (χ0) is 13.1. The molecule has 0 saturated carbocycles. The van der Waals surface area contributed by atoms with Crippen molar-refractivity contribution >= 4 is 5.97 Å². The Morgan fingerprint density at radius 1 is 1.11 bits per heavy atom. The third-order valence-electron chi connectivity index (χ3n) is 2.73. The van der Waals surface area contributed by atoms with Crippen LogP contribution in [0.4, 0.5) is 0 Å². The van der Waals surface area contributed by atoms with Crippen LogP contribution in [0.15, 0.2) is 42.5 Å². The molecule has 0 radical (unpaired) electrons. The Balaban J connectivity index is 2.52. The van der Waals surface area contributed by atoms with Crippen molar-refractivity contribution in [3.63, 3.8) is 0 Å². The van der Waals surface area contributed by atoms with Gasteiger partial charge in [-0.2, -0.15) is 0 Å². The van der Waals surface area contributed by atoms with Gasteiger partial charge in [-0.05, 0) is 28.8 Å². The number of aromatic hydroxyl groups is 1. The largest absolute Gasteiger partial charge is 0.507 e. The van der Waals surface area contributed by atoms with E-state index in [2.05, 4.69) is 0 Å². The number of carboxylic acids is 1. The quantitative estimate of drug-likeness (QED) is 0.773. The first-order chi connectivity index (χ1) is 8.63. The first-order valence-electron chi connectivity index (χ1n) is 5.39. The van der Waals surface area contributed by atoms with Gasteiger partial charge in [-0.15, -0.1) is 0 Å². The molecule has 0 saturated heterocycles. The lowest BCUT2D eigenvalue weighted by Crippen LogP contribution is -1.97. The summed E-state index contributed by atoms with van der Waals surface area (Å²) in [5, 5.41) is 27.7. The van der Waals surface area contributed by atoms with Crippen LogP contribution in [0.3, 0.4) is 0 Å². The number of benzene rings is 2. The van der Waals surface area contributed by atoms with Gasteiger partial charge < -0.3 is 15.3 Å². The molecule has 0 bridgehead atoms. The summed E-state index contributed by atoms with van der Waals surface area (Å²) >= 11 is 0. The molecule has 2 aromatic carbocycles. The molecule has 0 fully saturated rings. The standard InChI is InChI=1S/C14H12O4/c15-8-10-3-1-2-4-11(10)9-5-6-12(14(17)18)13(16)7-9/h1-7,15-16H,8H2,(H,17,18). The number of phenols is 1. The van der Waals surface area contributed by atoms with Gasteiger partial charge in [0.2, 0.25) is 0 Å². The maximum absolute atomic E-state index is 10.8. The Labute approximate surface area is 104 Å². The van der Waals surface area contributed by atoms with E-state index in [1.54, 1.807) is 24.3 Å². The molecule has 4 heteroatoms. The van der Waals surface area contributed by atoms with Crippen LogP contribution in [-0.4, -0.2) is 21.3 Å². The van der Waals surface area contributed by atoms with Crippen molar-refractivity contribution in [2.45, 2.75) is 6.61 Å². The SMILES string of the molecule is O=C(O)c1ccc(-c2ccccc2CO)cc1O. The fourth-order valence-corrected chi connectivity index (χ4v) is 1.82. The second kappa shape index (κ2) is 4.89. The van der Waals surface area contributed by atoms with Gasteiger partial charge in [0.25, 0.3) is 0 Å². The third-order valence-corrected chi connectivity index (χ3v) is 2.73. The first-order valence-corrected chi connectivity index (χ1v) is 5.39. The van der Waals surface area contributed by atoms with Crippen molar-refractivity contribution < 1.29 is 20.1 Å². The highest BCUT2D eigenvalue weighted by Gasteiger charge is 2.11. The van der Waals surface area contributed by atoms with Crippen molar-refractivity contribution in [3.05, 3.63) is 53.6 Å². The molecule has 2 aromatic rings. The van der Waals surface area contributed by atoms with Crippen molar-refractivity contribution in [1.29, 1.82) is 0 Å². The summed E-state index contributed by atoms with van der Waals surface area (Å²) < 4.78 is 0. The molecule has 92 valence electrons. The minimum Gasteiger partial charge on any atom is -0.507 e. The number of rotatable bonds is 3. The van der Waals surface area contributed by atoms with E-state index in [4.69, 9.17) is 5.11 Å². The molecule has 0 aliphatic rings. The summed E-state index contributed by atoms with van der Waals surface area (Å²) in [6.45, 7) is -0.113. The van der Waals surface area contributed by atoms with E-state index in [-0.39, 0.29) is 17.9 Å². The Morgan fingerprint density at radius 2 is 1.83 bits per heavy atom. The van der Waals surface area contributed by atoms with Gasteiger partial charge in [-0.25, -0.2) is 4.79 Å². The fraction of sp³-hybridized carbons (Fsp3) is 0.0714. The van der Waals surface area contributed by atoms with Crippen LogP contribution < -0.4 is 0 Å². The minimum absolute atomic E-state index is 0.113. The summed E-state index contributed by atoms with van der Waals surface area (Å²) in [7, 11) is 0. The second-order valence-electron chi connectivity index (χ2n) is 3.85. The smallest absolute Gasteiger partial charge is 0.339 e. The van der Waals surface area contributed by atoms with Crippen LogP contribution in [0.2, 0.25) is 0 Å². The van der Waals surface area contributed by atoms with Gasteiger partial charge in [0, 0.05) is 0 Å². The number of carbonyl (C=O) groups is 1. The number of hydrogen-bond donors (Lipinski definition) is 3. The van der Waals surface area contributed by atoms with Crippen molar-refractivity contribution in [1.82, 2.24) is 0 Å². The van der Waals surface area contributed by atoms with Gasteiger partial charge in [0.15, 0.2) is 0 Å². The highest BCUT2D eigenvalue weighted by molar-refractivity contribution is 5.91. The molecule has 4 nitrogen and oxygen atoms in total. The topological polar surface area (TPSA) is 77.8 Å². The lowest BCUT2D eigenvalue weighted by Gasteiger charge is -2.08. The average Bonchev–Trinajstić information content (AvgIpc) is 2.38.